The van der Waals surface area contributed by atoms with Crippen LogP contribution in [0.25, 0.3) is 6.08 Å². The first kappa shape index (κ1) is 17.0. The molecule has 0 aliphatic heterocycles. The van der Waals surface area contributed by atoms with Gasteiger partial charge in [-0.25, -0.2) is 13.6 Å². The highest BCUT2D eigenvalue weighted by atomic mass is 19.1. The van der Waals surface area contributed by atoms with Crippen molar-refractivity contribution in [1.82, 2.24) is 0 Å². The summed E-state index contributed by atoms with van der Waals surface area (Å²) in [4.78, 5) is 32.8. The molecular weight excluding hydrogens is 328 g/mol. The lowest BCUT2D eigenvalue weighted by molar-refractivity contribution is -0.402. The van der Waals surface area contributed by atoms with Crippen LogP contribution in [0.5, 0.6) is 0 Å². The molecule has 2 rings (SSSR count). The lowest BCUT2D eigenvalue weighted by Crippen LogP contribution is -2.14. The summed E-state index contributed by atoms with van der Waals surface area (Å²) in [5, 5.41) is 10.4. The van der Waals surface area contributed by atoms with Crippen LogP contribution in [0.15, 0.2) is 40.8 Å². The molecule has 0 radical (unpaired) electrons. The van der Waals surface area contributed by atoms with Gasteiger partial charge >= 0.3 is 11.9 Å². The van der Waals surface area contributed by atoms with Gasteiger partial charge in [0, 0.05) is 6.08 Å². The fourth-order valence-electron chi connectivity index (χ4n) is 1.65. The Morgan fingerprint density at radius 3 is 2.67 bits per heavy atom. The highest BCUT2D eigenvalue weighted by Crippen LogP contribution is 2.16. The zero-order valence-corrected chi connectivity index (χ0v) is 11.9. The molecule has 9 heteroatoms. The SMILES string of the molecule is O=C(/C=C/c1ccc([N+](=O)[O-])o1)OCC(=O)c1cc(F)ccc1F. The van der Waals surface area contributed by atoms with Crippen molar-refractivity contribution in [3.63, 3.8) is 0 Å². The maximum Gasteiger partial charge on any atom is 0.433 e. The van der Waals surface area contributed by atoms with Crippen molar-refractivity contribution in [1.29, 1.82) is 0 Å². The number of ether oxygens (including phenoxy) is 1. The van der Waals surface area contributed by atoms with E-state index in [9.17, 15) is 28.5 Å². The number of furan rings is 1. The molecule has 7 nitrogen and oxygen atoms in total. The van der Waals surface area contributed by atoms with Gasteiger partial charge in [-0.3, -0.25) is 14.9 Å². The number of nitro groups is 1. The molecule has 0 fully saturated rings. The first-order chi connectivity index (χ1) is 11.4. The number of carbonyl (C=O) groups is 2. The van der Waals surface area contributed by atoms with Crippen LogP contribution in [0.4, 0.5) is 14.7 Å². The number of carbonyl (C=O) groups excluding carboxylic acids is 2. The van der Waals surface area contributed by atoms with Crippen molar-refractivity contribution >= 4 is 23.7 Å². The number of esters is 1. The van der Waals surface area contributed by atoms with E-state index < -0.39 is 46.4 Å². The summed E-state index contributed by atoms with van der Waals surface area (Å²) >= 11 is 0. The van der Waals surface area contributed by atoms with Crippen molar-refractivity contribution in [2.75, 3.05) is 6.61 Å². The van der Waals surface area contributed by atoms with E-state index in [2.05, 4.69) is 4.74 Å². The van der Waals surface area contributed by atoms with Crippen LogP contribution in [0.3, 0.4) is 0 Å². The van der Waals surface area contributed by atoms with Crippen LogP contribution in [0.1, 0.15) is 16.1 Å². The van der Waals surface area contributed by atoms with E-state index in [1.807, 2.05) is 0 Å². The lowest BCUT2D eigenvalue weighted by atomic mass is 10.1. The Morgan fingerprint density at radius 2 is 2.00 bits per heavy atom. The molecule has 0 aliphatic rings. The minimum absolute atomic E-state index is 0.0288. The number of rotatable bonds is 6. The molecule has 0 saturated carbocycles. The van der Waals surface area contributed by atoms with Crippen molar-refractivity contribution in [2.45, 2.75) is 0 Å². The minimum Gasteiger partial charge on any atom is -0.454 e. The number of Topliss-reactive ketones (excluding diaryl/α,β-unsaturated/α-hetero) is 1. The first-order valence-corrected chi connectivity index (χ1v) is 6.44. The van der Waals surface area contributed by atoms with Gasteiger partial charge in [-0.05, 0) is 30.3 Å². The standard InChI is InChI=1S/C15H9F2NO6/c16-9-1-4-12(17)11(7-9)13(19)8-23-15(20)6-3-10-2-5-14(24-10)18(21)22/h1-7H,8H2/b6-3+. The van der Waals surface area contributed by atoms with Gasteiger partial charge in [0.05, 0.1) is 11.6 Å². The minimum atomic E-state index is -0.959. The largest absolute Gasteiger partial charge is 0.454 e. The number of halogens is 2. The van der Waals surface area contributed by atoms with Crippen molar-refractivity contribution in [3.8, 4) is 0 Å². The zero-order valence-electron chi connectivity index (χ0n) is 11.9. The van der Waals surface area contributed by atoms with E-state index >= 15 is 0 Å². The van der Waals surface area contributed by atoms with Gasteiger partial charge < -0.3 is 9.15 Å². The van der Waals surface area contributed by atoms with Crippen LogP contribution in [0, 0.1) is 21.7 Å². The van der Waals surface area contributed by atoms with Crippen LogP contribution in [-0.2, 0) is 9.53 Å². The lowest BCUT2D eigenvalue weighted by Gasteiger charge is -2.03. The second kappa shape index (κ2) is 7.27. The van der Waals surface area contributed by atoms with Crippen LogP contribution < -0.4 is 0 Å². The van der Waals surface area contributed by atoms with E-state index in [-0.39, 0.29) is 5.76 Å². The monoisotopic (exact) mass is 337 g/mol. The number of benzene rings is 1. The normalized spacial score (nSPS) is 10.8. The van der Waals surface area contributed by atoms with Crippen molar-refractivity contribution in [2.24, 2.45) is 0 Å². The average Bonchev–Trinajstić information content (AvgIpc) is 3.02. The molecule has 2 aromatic rings. The van der Waals surface area contributed by atoms with Crippen molar-refractivity contribution in [3.05, 3.63) is 69.5 Å². The zero-order chi connectivity index (χ0) is 17.7. The summed E-state index contributed by atoms with van der Waals surface area (Å²) in [6.45, 7) is -0.790. The summed E-state index contributed by atoms with van der Waals surface area (Å²) < 4.78 is 35.7. The quantitative estimate of drug-likeness (QED) is 0.264. The molecule has 0 saturated heterocycles. The van der Waals surface area contributed by atoms with E-state index in [4.69, 9.17) is 4.42 Å². The number of ketones is 1. The molecule has 24 heavy (non-hydrogen) atoms. The fourth-order valence-corrected chi connectivity index (χ4v) is 1.65. The van der Waals surface area contributed by atoms with E-state index in [0.717, 1.165) is 30.4 Å². The molecule has 0 aliphatic carbocycles. The third-order valence-electron chi connectivity index (χ3n) is 2.75. The summed E-state index contributed by atoms with van der Waals surface area (Å²) in [5.74, 6) is -4.08. The van der Waals surface area contributed by atoms with Gasteiger partial charge in [0.25, 0.3) is 0 Å². The molecule has 0 unspecified atom stereocenters. The van der Waals surface area contributed by atoms with Gasteiger partial charge in [0.2, 0.25) is 5.78 Å². The molecule has 1 aromatic carbocycles. The predicted octanol–water partition coefficient (Wildman–Crippen LogP) is 2.91. The van der Waals surface area contributed by atoms with Crippen LogP contribution >= 0.6 is 0 Å². The van der Waals surface area contributed by atoms with Crippen molar-refractivity contribution < 1.29 is 32.4 Å². The van der Waals surface area contributed by atoms with E-state index in [1.165, 1.54) is 6.07 Å². The molecular formula is C15H9F2NO6. The van der Waals surface area contributed by atoms with E-state index in [0.29, 0.717) is 6.07 Å². The van der Waals surface area contributed by atoms with Crippen LogP contribution in [0.2, 0.25) is 0 Å². The third kappa shape index (κ3) is 4.32. The Morgan fingerprint density at radius 1 is 1.25 bits per heavy atom. The summed E-state index contributed by atoms with van der Waals surface area (Å²) in [6.07, 6.45) is 1.97. The Hall–Kier alpha value is -3.36. The Kier molecular flexibility index (Phi) is 5.15. The van der Waals surface area contributed by atoms with Gasteiger partial charge in [-0.2, -0.15) is 0 Å². The van der Waals surface area contributed by atoms with E-state index in [1.54, 1.807) is 0 Å². The predicted molar refractivity (Wildman–Crippen MR) is 76.0 cm³/mol. The molecule has 124 valence electrons. The first-order valence-electron chi connectivity index (χ1n) is 6.44. The summed E-state index contributed by atoms with van der Waals surface area (Å²) in [7, 11) is 0. The summed E-state index contributed by atoms with van der Waals surface area (Å²) in [5.41, 5.74) is -0.534. The Balaban J connectivity index is 1.92. The van der Waals surface area contributed by atoms with Gasteiger partial charge in [-0.15, -0.1) is 0 Å². The second-order valence-corrected chi connectivity index (χ2v) is 4.42. The highest BCUT2D eigenvalue weighted by molar-refractivity contribution is 5.99. The molecule has 1 heterocycles. The second-order valence-electron chi connectivity index (χ2n) is 4.42. The summed E-state index contributed by atoms with van der Waals surface area (Å²) in [6, 6.07) is 4.69. The highest BCUT2D eigenvalue weighted by Gasteiger charge is 2.15. The molecule has 1 aromatic heterocycles. The maximum atomic E-state index is 13.4. The number of nitrogens with zero attached hydrogens (tertiary/aromatic N) is 1. The fraction of sp³-hybridized carbons (Fsp3) is 0.0667. The molecule has 0 bridgehead atoms. The Labute approximate surface area is 133 Å². The van der Waals surface area contributed by atoms with Gasteiger partial charge in [0.15, 0.2) is 6.61 Å². The number of hydrogen-bond acceptors (Lipinski definition) is 6. The average molecular weight is 337 g/mol. The smallest absolute Gasteiger partial charge is 0.433 e. The molecule has 0 atom stereocenters. The van der Waals surface area contributed by atoms with Gasteiger partial charge in [0.1, 0.15) is 22.3 Å². The topological polar surface area (TPSA) is 99.7 Å². The Bertz CT molecular complexity index is 827. The third-order valence-corrected chi connectivity index (χ3v) is 2.75. The maximum absolute atomic E-state index is 13.4. The molecule has 0 N–H and O–H groups in total. The van der Waals surface area contributed by atoms with Gasteiger partial charge in [-0.1, -0.05) is 0 Å². The molecule has 0 spiro atoms. The number of hydrogen-bond donors (Lipinski definition) is 0. The molecule has 0 amide bonds. The van der Waals surface area contributed by atoms with Crippen LogP contribution in [-0.4, -0.2) is 23.3 Å².